The molecule has 5 heteroatoms. The molecule has 15 heavy (non-hydrogen) atoms. The minimum atomic E-state index is -1.19. The molecule has 0 fully saturated rings. The van der Waals surface area contributed by atoms with Crippen LogP contribution < -0.4 is 0 Å². The number of carboxylic acids is 1. The number of benzene rings is 1. The summed E-state index contributed by atoms with van der Waals surface area (Å²) in [6.45, 7) is 0. The van der Waals surface area contributed by atoms with E-state index >= 15 is 0 Å². The van der Waals surface area contributed by atoms with E-state index in [1.807, 2.05) is 0 Å². The van der Waals surface area contributed by atoms with Crippen LogP contribution in [-0.4, -0.2) is 11.1 Å². The van der Waals surface area contributed by atoms with E-state index in [-0.39, 0.29) is 16.7 Å². The van der Waals surface area contributed by atoms with Crippen molar-refractivity contribution in [1.82, 2.24) is 0 Å². The van der Waals surface area contributed by atoms with Gasteiger partial charge in [-0.05, 0) is 12.1 Å². The van der Waals surface area contributed by atoms with Crippen LogP contribution in [0.15, 0.2) is 12.1 Å². The third-order valence-electron chi connectivity index (χ3n) is 1.77. The maximum absolute atomic E-state index is 13.2. The molecule has 0 aliphatic rings. The molecule has 0 aliphatic carbocycles. The first-order valence-electron chi connectivity index (χ1n) is 3.93. The molecule has 1 N–H and O–H groups in total. The fourth-order valence-electron chi connectivity index (χ4n) is 1.10. The van der Waals surface area contributed by atoms with Gasteiger partial charge in [-0.3, -0.25) is 4.79 Å². The molecule has 1 aromatic rings. The van der Waals surface area contributed by atoms with E-state index in [9.17, 15) is 9.18 Å². The number of carbonyl (C=O) groups is 1. The van der Waals surface area contributed by atoms with Crippen LogP contribution in [0.3, 0.4) is 0 Å². The van der Waals surface area contributed by atoms with E-state index in [2.05, 4.69) is 0 Å². The average molecular weight is 204 g/mol. The van der Waals surface area contributed by atoms with Crippen LogP contribution in [0.1, 0.15) is 16.7 Å². The molecular formula is C10H5FN2O2. The molecule has 1 aromatic carbocycles. The Morgan fingerprint density at radius 1 is 1.33 bits per heavy atom. The second-order valence-electron chi connectivity index (χ2n) is 2.78. The molecule has 0 radical (unpaired) electrons. The van der Waals surface area contributed by atoms with Crippen molar-refractivity contribution in [2.45, 2.75) is 6.42 Å². The highest BCUT2D eigenvalue weighted by atomic mass is 19.1. The van der Waals surface area contributed by atoms with Crippen LogP contribution in [0.2, 0.25) is 0 Å². The van der Waals surface area contributed by atoms with Crippen LogP contribution in [0.5, 0.6) is 0 Å². The minimum absolute atomic E-state index is 0.0184. The van der Waals surface area contributed by atoms with Gasteiger partial charge in [0.25, 0.3) is 0 Å². The monoisotopic (exact) mass is 204 g/mol. The fraction of sp³-hybridized carbons (Fsp3) is 0.100. The Hall–Kier alpha value is -2.40. The topological polar surface area (TPSA) is 84.9 Å². The Kier molecular flexibility index (Phi) is 3.00. The van der Waals surface area contributed by atoms with E-state index in [1.54, 1.807) is 12.1 Å². The van der Waals surface area contributed by atoms with Crippen LogP contribution in [0.4, 0.5) is 4.39 Å². The number of carboxylic acid groups (broad SMARTS) is 1. The summed E-state index contributed by atoms with van der Waals surface area (Å²) in [6.07, 6.45) is -0.508. The zero-order valence-corrected chi connectivity index (χ0v) is 7.49. The van der Waals surface area contributed by atoms with Gasteiger partial charge in [0.15, 0.2) is 0 Å². The van der Waals surface area contributed by atoms with E-state index in [4.69, 9.17) is 15.6 Å². The number of nitrogens with zero attached hydrogens (tertiary/aromatic N) is 2. The predicted octanol–water partition coefficient (Wildman–Crippen LogP) is 1.20. The first kappa shape index (κ1) is 10.7. The van der Waals surface area contributed by atoms with Gasteiger partial charge in [-0.2, -0.15) is 10.5 Å². The molecule has 0 saturated carbocycles. The molecule has 0 amide bonds. The number of halogens is 1. The van der Waals surface area contributed by atoms with Crippen molar-refractivity contribution in [3.05, 3.63) is 34.6 Å². The highest BCUT2D eigenvalue weighted by Crippen LogP contribution is 2.15. The largest absolute Gasteiger partial charge is 0.481 e. The molecule has 0 bridgehead atoms. The van der Waals surface area contributed by atoms with Crippen LogP contribution >= 0.6 is 0 Å². The summed E-state index contributed by atoms with van der Waals surface area (Å²) in [6, 6.07) is 5.32. The van der Waals surface area contributed by atoms with Crippen molar-refractivity contribution in [1.29, 1.82) is 10.5 Å². The number of rotatable bonds is 2. The summed E-state index contributed by atoms with van der Waals surface area (Å²) in [5, 5.41) is 25.7. The van der Waals surface area contributed by atoms with Gasteiger partial charge in [-0.1, -0.05) is 0 Å². The standard InChI is InChI=1S/C10H5FN2O2/c11-9-2-8(5-13)7(4-12)1-6(9)3-10(14)15/h1-2H,3H2,(H,14,15). The molecular weight excluding hydrogens is 199 g/mol. The summed E-state index contributed by atoms with van der Waals surface area (Å²) in [7, 11) is 0. The molecule has 0 unspecified atom stereocenters. The summed E-state index contributed by atoms with van der Waals surface area (Å²) in [5.74, 6) is -1.98. The van der Waals surface area contributed by atoms with Gasteiger partial charge in [0.1, 0.15) is 18.0 Å². The molecule has 4 nitrogen and oxygen atoms in total. The van der Waals surface area contributed by atoms with Crippen LogP contribution in [0, 0.1) is 28.5 Å². The predicted molar refractivity (Wildman–Crippen MR) is 47.2 cm³/mol. The Balaban J connectivity index is 3.29. The number of hydrogen-bond donors (Lipinski definition) is 1. The molecule has 0 aliphatic heterocycles. The maximum atomic E-state index is 13.2. The third-order valence-corrected chi connectivity index (χ3v) is 1.77. The molecule has 1 rings (SSSR count). The summed E-state index contributed by atoms with van der Waals surface area (Å²) in [4.78, 5) is 10.4. The van der Waals surface area contributed by atoms with Gasteiger partial charge in [0, 0.05) is 5.56 Å². The van der Waals surface area contributed by atoms with Gasteiger partial charge in [-0.15, -0.1) is 0 Å². The smallest absolute Gasteiger partial charge is 0.307 e. The maximum Gasteiger partial charge on any atom is 0.307 e. The Morgan fingerprint density at radius 2 is 1.87 bits per heavy atom. The third kappa shape index (κ3) is 2.29. The van der Waals surface area contributed by atoms with Gasteiger partial charge in [-0.25, -0.2) is 4.39 Å². The van der Waals surface area contributed by atoms with Crippen molar-refractivity contribution >= 4 is 5.97 Å². The molecule has 0 saturated heterocycles. The van der Waals surface area contributed by atoms with E-state index in [1.165, 1.54) is 0 Å². The molecule has 0 heterocycles. The van der Waals surface area contributed by atoms with E-state index in [0.29, 0.717) is 0 Å². The number of aliphatic carboxylic acids is 1. The summed E-state index contributed by atoms with van der Waals surface area (Å²) in [5.41, 5.74) is -0.211. The molecule has 0 aromatic heterocycles. The lowest BCUT2D eigenvalue weighted by molar-refractivity contribution is -0.136. The zero-order chi connectivity index (χ0) is 11.4. The fourth-order valence-corrected chi connectivity index (χ4v) is 1.10. The number of nitriles is 2. The highest BCUT2D eigenvalue weighted by molar-refractivity contribution is 5.70. The highest BCUT2D eigenvalue weighted by Gasteiger charge is 2.11. The van der Waals surface area contributed by atoms with Crippen molar-refractivity contribution in [3.8, 4) is 12.1 Å². The molecule has 0 spiro atoms. The van der Waals surface area contributed by atoms with E-state index in [0.717, 1.165) is 12.1 Å². The minimum Gasteiger partial charge on any atom is -0.481 e. The van der Waals surface area contributed by atoms with Gasteiger partial charge >= 0.3 is 5.97 Å². The SMILES string of the molecule is N#Cc1cc(F)c(CC(=O)O)cc1C#N. The zero-order valence-electron chi connectivity index (χ0n) is 7.49. The average Bonchev–Trinajstić information content (AvgIpc) is 2.19. The Morgan fingerprint density at radius 3 is 2.33 bits per heavy atom. The summed E-state index contributed by atoms with van der Waals surface area (Å²) >= 11 is 0. The van der Waals surface area contributed by atoms with Gasteiger partial charge in [0.05, 0.1) is 17.5 Å². The molecule has 74 valence electrons. The van der Waals surface area contributed by atoms with Crippen molar-refractivity contribution in [3.63, 3.8) is 0 Å². The van der Waals surface area contributed by atoms with Crippen molar-refractivity contribution in [2.24, 2.45) is 0 Å². The lowest BCUT2D eigenvalue weighted by Crippen LogP contribution is -2.03. The number of hydrogen-bond acceptors (Lipinski definition) is 3. The van der Waals surface area contributed by atoms with Crippen molar-refractivity contribution in [2.75, 3.05) is 0 Å². The second-order valence-corrected chi connectivity index (χ2v) is 2.78. The molecule has 0 atom stereocenters. The van der Waals surface area contributed by atoms with Gasteiger partial charge < -0.3 is 5.11 Å². The van der Waals surface area contributed by atoms with Crippen LogP contribution in [0.25, 0.3) is 0 Å². The lowest BCUT2D eigenvalue weighted by atomic mass is 10.0. The van der Waals surface area contributed by atoms with Gasteiger partial charge in [0.2, 0.25) is 0 Å². The van der Waals surface area contributed by atoms with Crippen molar-refractivity contribution < 1.29 is 14.3 Å². The lowest BCUT2D eigenvalue weighted by Gasteiger charge is -2.01. The van der Waals surface area contributed by atoms with Crippen LogP contribution in [-0.2, 0) is 11.2 Å². The summed E-state index contributed by atoms with van der Waals surface area (Å²) < 4.78 is 13.2. The normalized spacial score (nSPS) is 9.00. The second kappa shape index (κ2) is 4.21. The quantitative estimate of drug-likeness (QED) is 0.784. The first-order valence-corrected chi connectivity index (χ1v) is 3.93. The van der Waals surface area contributed by atoms with E-state index < -0.39 is 18.2 Å². The Bertz CT molecular complexity index is 497. The Labute approximate surface area is 84.8 Å². The first-order chi connectivity index (χ1) is 7.08.